The topological polar surface area (TPSA) is 86.1 Å². The van der Waals surface area contributed by atoms with Crippen molar-refractivity contribution >= 4 is 29.1 Å². The van der Waals surface area contributed by atoms with E-state index in [1.54, 1.807) is 18.2 Å². The molecule has 1 aromatic heterocycles. The second kappa shape index (κ2) is 7.71. The van der Waals surface area contributed by atoms with E-state index in [4.69, 9.17) is 4.74 Å². The molecule has 0 radical (unpaired) electrons. The summed E-state index contributed by atoms with van der Waals surface area (Å²) in [6.07, 6.45) is 0. The number of nitrogens with one attached hydrogen (secondary N) is 1. The molecule has 1 amide bonds. The standard InChI is InChI=1S/C21H20N4O3S/c1-12-4-6-14(7-5-12)20-23-24-21(25(20)3)29-13(2)19(27)15-8-9-17-16(10-15)22-18(26)11-28-17/h4-10,13H,11H2,1-3H3,(H,22,26). The summed E-state index contributed by atoms with van der Waals surface area (Å²) in [5.74, 6) is 1.03. The van der Waals surface area contributed by atoms with E-state index < -0.39 is 0 Å². The Morgan fingerprint density at radius 3 is 2.72 bits per heavy atom. The molecule has 148 valence electrons. The van der Waals surface area contributed by atoms with E-state index in [2.05, 4.69) is 15.5 Å². The fraction of sp³-hybridized carbons (Fsp3) is 0.238. The van der Waals surface area contributed by atoms with E-state index in [9.17, 15) is 9.59 Å². The van der Waals surface area contributed by atoms with Crippen LogP contribution in [0.3, 0.4) is 0 Å². The number of hydrogen-bond acceptors (Lipinski definition) is 6. The molecule has 29 heavy (non-hydrogen) atoms. The number of Topliss-reactive ketones (excluding diaryl/α,β-unsaturated/α-hetero) is 1. The van der Waals surface area contributed by atoms with Crippen molar-refractivity contribution in [2.45, 2.75) is 24.3 Å². The Kier molecular flexibility index (Phi) is 5.10. The van der Waals surface area contributed by atoms with Crippen LogP contribution < -0.4 is 10.1 Å². The molecule has 0 saturated carbocycles. The van der Waals surface area contributed by atoms with E-state index in [1.165, 1.54) is 17.3 Å². The lowest BCUT2D eigenvalue weighted by molar-refractivity contribution is -0.118. The lowest BCUT2D eigenvalue weighted by Gasteiger charge is -2.19. The van der Waals surface area contributed by atoms with Gasteiger partial charge in [0.25, 0.3) is 5.91 Å². The van der Waals surface area contributed by atoms with Crippen LogP contribution in [0.2, 0.25) is 0 Å². The van der Waals surface area contributed by atoms with Crippen molar-refractivity contribution in [1.29, 1.82) is 0 Å². The van der Waals surface area contributed by atoms with Crippen molar-refractivity contribution in [2.24, 2.45) is 7.05 Å². The molecule has 3 aromatic rings. The first-order chi connectivity index (χ1) is 13.9. The van der Waals surface area contributed by atoms with Gasteiger partial charge in [0.1, 0.15) is 5.75 Å². The quantitative estimate of drug-likeness (QED) is 0.514. The summed E-state index contributed by atoms with van der Waals surface area (Å²) in [4.78, 5) is 24.4. The molecule has 0 bridgehead atoms. The van der Waals surface area contributed by atoms with Crippen molar-refractivity contribution in [3.05, 3.63) is 53.6 Å². The summed E-state index contributed by atoms with van der Waals surface area (Å²) in [5.41, 5.74) is 3.18. The van der Waals surface area contributed by atoms with Crippen LogP contribution in [0.5, 0.6) is 5.75 Å². The summed E-state index contributed by atoms with van der Waals surface area (Å²) in [6, 6.07) is 13.1. The minimum atomic E-state index is -0.373. The molecule has 2 aromatic carbocycles. The van der Waals surface area contributed by atoms with Crippen molar-refractivity contribution in [3.63, 3.8) is 0 Å². The molecule has 0 saturated heterocycles. The number of nitrogens with zero attached hydrogens (tertiary/aromatic N) is 3. The molecular weight excluding hydrogens is 388 g/mol. The summed E-state index contributed by atoms with van der Waals surface area (Å²) >= 11 is 1.35. The van der Waals surface area contributed by atoms with Gasteiger partial charge < -0.3 is 14.6 Å². The van der Waals surface area contributed by atoms with E-state index in [-0.39, 0.29) is 23.5 Å². The largest absolute Gasteiger partial charge is 0.482 e. The Bertz CT molecular complexity index is 1090. The third-order valence-electron chi connectivity index (χ3n) is 4.69. The third kappa shape index (κ3) is 3.88. The Morgan fingerprint density at radius 2 is 1.97 bits per heavy atom. The van der Waals surface area contributed by atoms with Gasteiger partial charge in [-0.05, 0) is 32.0 Å². The molecule has 4 rings (SSSR count). The predicted octanol–water partition coefficient (Wildman–Crippen LogP) is 3.48. The van der Waals surface area contributed by atoms with Gasteiger partial charge in [-0.25, -0.2) is 0 Å². The number of fused-ring (bicyclic) bond motifs is 1. The number of carbonyl (C=O) groups is 2. The van der Waals surface area contributed by atoms with Crippen LogP contribution in [0, 0.1) is 6.92 Å². The summed E-state index contributed by atoms with van der Waals surface area (Å²) in [6.45, 7) is 3.86. The van der Waals surface area contributed by atoms with E-state index in [1.807, 2.05) is 49.7 Å². The number of amides is 1. The summed E-state index contributed by atoms with van der Waals surface area (Å²) in [7, 11) is 1.89. The van der Waals surface area contributed by atoms with Crippen molar-refractivity contribution in [3.8, 4) is 17.1 Å². The number of hydrogen-bond donors (Lipinski definition) is 1. The lowest BCUT2D eigenvalue weighted by atomic mass is 10.1. The van der Waals surface area contributed by atoms with Gasteiger partial charge in [-0.2, -0.15) is 0 Å². The maximum atomic E-state index is 12.9. The molecule has 1 atom stereocenters. The highest BCUT2D eigenvalue weighted by Gasteiger charge is 2.23. The van der Waals surface area contributed by atoms with Crippen molar-refractivity contribution in [1.82, 2.24) is 14.8 Å². The number of benzene rings is 2. The highest BCUT2D eigenvalue weighted by Crippen LogP contribution is 2.31. The zero-order valence-electron chi connectivity index (χ0n) is 16.3. The number of rotatable bonds is 5. The molecule has 0 aliphatic carbocycles. The van der Waals surface area contributed by atoms with Crippen LogP contribution in [-0.4, -0.2) is 38.3 Å². The first kappa shape index (κ1) is 19.2. The van der Waals surface area contributed by atoms with Crippen LogP contribution in [0.25, 0.3) is 11.4 Å². The molecule has 2 heterocycles. The van der Waals surface area contributed by atoms with Crippen molar-refractivity contribution < 1.29 is 14.3 Å². The molecule has 1 aliphatic rings. The lowest BCUT2D eigenvalue weighted by Crippen LogP contribution is -2.25. The zero-order valence-corrected chi connectivity index (χ0v) is 17.1. The normalized spacial score (nSPS) is 14.0. The first-order valence-corrected chi connectivity index (χ1v) is 10.0. The zero-order chi connectivity index (χ0) is 20.5. The van der Waals surface area contributed by atoms with E-state index in [0.29, 0.717) is 22.2 Å². The van der Waals surface area contributed by atoms with Gasteiger partial charge in [-0.3, -0.25) is 9.59 Å². The van der Waals surface area contributed by atoms with E-state index in [0.717, 1.165) is 11.4 Å². The number of aromatic nitrogens is 3. The Hall–Kier alpha value is -3.13. The average Bonchev–Trinajstić information content (AvgIpc) is 3.07. The van der Waals surface area contributed by atoms with Gasteiger partial charge in [-0.1, -0.05) is 41.6 Å². The second-order valence-electron chi connectivity index (χ2n) is 6.90. The number of ketones is 1. The van der Waals surface area contributed by atoms with Gasteiger partial charge in [0.15, 0.2) is 23.4 Å². The Morgan fingerprint density at radius 1 is 1.21 bits per heavy atom. The fourth-order valence-corrected chi connectivity index (χ4v) is 3.95. The highest BCUT2D eigenvalue weighted by atomic mass is 32.2. The van der Waals surface area contributed by atoms with Crippen molar-refractivity contribution in [2.75, 3.05) is 11.9 Å². The van der Waals surface area contributed by atoms with Gasteiger partial charge in [0, 0.05) is 18.2 Å². The second-order valence-corrected chi connectivity index (χ2v) is 8.21. The summed E-state index contributed by atoms with van der Waals surface area (Å²) in [5, 5.41) is 11.6. The molecule has 7 nitrogen and oxygen atoms in total. The first-order valence-electron chi connectivity index (χ1n) is 9.16. The van der Waals surface area contributed by atoms with Gasteiger partial charge in [-0.15, -0.1) is 10.2 Å². The summed E-state index contributed by atoms with van der Waals surface area (Å²) < 4.78 is 7.23. The number of aryl methyl sites for hydroxylation is 1. The Balaban J connectivity index is 1.52. The molecular formula is C21H20N4O3S. The number of ether oxygens (including phenoxy) is 1. The highest BCUT2D eigenvalue weighted by molar-refractivity contribution is 8.00. The minimum absolute atomic E-state index is 0.0119. The maximum absolute atomic E-state index is 12.9. The number of anilines is 1. The van der Waals surface area contributed by atoms with Gasteiger partial charge in [0.05, 0.1) is 10.9 Å². The molecule has 0 spiro atoms. The minimum Gasteiger partial charge on any atom is -0.482 e. The van der Waals surface area contributed by atoms with Gasteiger partial charge >= 0.3 is 0 Å². The predicted molar refractivity (Wildman–Crippen MR) is 111 cm³/mol. The molecule has 1 aliphatic heterocycles. The van der Waals surface area contributed by atoms with Crippen LogP contribution in [0.1, 0.15) is 22.8 Å². The molecule has 0 fully saturated rings. The Labute approximate surface area is 172 Å². The molecule has 1 N–H and O–H groups in total. The number of thioether (sulfide) groups is 1. The maximum Gasteiger partial charge on any atom is 0.262 e. The molecule has 8 heteroatoms. The third-order valence-corrected chi connectivity index (χ3v) is 5.83. The smallest absolute Gasteiger partial charge is 0.262 e. The monoisotopic (exact) mass is 408 g/mol. The fourth-order valence-electron chi connectivity index (χ4n) is 3.05. The van der Waals surface area contributed by atoms with Crippen LogP contribution in [-0.2, 0) is 11.8 Å². The van der Waals surface area contributed by atoms with E-state index >= 15 is 0 Å². The van der Waals surface area contributed by atoms with Crippen LogP contribution >= 0.6 is 11.8 Å². The molecule has 1 unspecified atom stereocenters. The van der Waals surface area contributed by atoms with Crippen LogP contribution in [0.4, 0.5) is 5.69 Å². The average molecular weight is 408 g/mol. The number of carbonyl (C=O) groups excluding carboxylic acids is 2. The SMILES string of the molecule is Cc1ccc(-c2nnc(SC(C)C(=O)c3ccc4c(c3)NC(=O)CO4)n2C)cc1. The van der Waals surface area contributed by atoms with Crippen LogP contribution in [0.15, 0.2) is 47.6 Å². The van der Waals surface area contributed by atoms with Gasteiger partial charge in [0.2, 0.25) is 0 Å².